The molecule has 3 aromatic rings. The van der Waals surface area contributed by atoms with Gasteiger partial charge in [0.25, 0.3) is 5.91 Å². The van der Waals surface area contributed by atoms with Crippen molar-refractivity contribution in [2.75, 3.05) is 26.2 Å². The molecule has 4 rings (SSSR count). The Balaban J connectivity index is 1.52. The average Bonchev–Trinajstić information content (AvgIpc) is 2.78. The van der Waals surface area contributed by atoms with Gasteiger partial charge in [-0.05, 0) is 36.2 Å². The summed E-state index contributed by atoms with van der Waals surface area (Å²) in [6, 6.07) is 24.6. The van der Waals surface area contributed by atoms with Crippen LogP contribution in [0.3, 0.4) is 0 Å². The molecule has 0 aliphatic carbocycles. The molecule has 0 radical (unpaired) electrons. The van der Waals surface area contributed by atoms with Gasteiger partial charge in [0.05, 0.1) is 16.1 Å². The lowest BCUT2D eigenvalue weighted by molar-refractivity contribution is 0.0597. The van der Waals surface area contributed by atoms with E-state index in [4.69, 9.17) is 23.2 Å². The number of carbonyl (C=O) groups excluding carboxylic acids is 1. The second kappa shape index (κ2) is 9.22. The summed E-state index contributed by atoms with van der Waals surface area (Å²) in [6.45, 7) is 5.07. The molecular weight excluding hydrogens is 415 g/mol. The molecule has 30 heavy (non-hydrogen) atoms. The molecule has 1 amide bonds. The summed E-state index contributed by atoms with van der Waals surface area (Å²) in [4.78, 5) is 17.3. The summed E-state index contributed by atoms with van der Waals surface area (Å²) in [6.07, 6.45) is 0. The van der Waals surface area contributed by atoms with Gasteiger partial charge in [0.15, 0.2) is 0 Å². The normalized spacial score (nSPS) is 15.8. The lowest BCUT2D eigenvalue weighted by atomic mass is 9.95. The van der Waals surface area contributed by atoms with Crippen molar-refractivity contribution in [1.29, 1.82) is 0 Å². The summed E-state index contributed by atoms with van der Waals surface area (Å²) >= 11 is 12.1. The number of hydrogen-bond donors (Lipinski definition) is 0. The molecule has 1 fully saturated rings. The van der Waals surface area contributed by atoms with Crippen LogP contribution in [-0.2, 0) is 0 Å². The zero-order valence-corrected chi connectivity index (χ0v) is 18.4. The molecule has 1 atom stereocenters. The summed E-state index contributed by atoms with van der Waals surface area (Å²) in [5.74, 6) is -0.000173. The van der Waals surface area contributed by atoms with Gasteiger partial charge in [0, 0.05) is 31.7 Å². The highest BCUT2D eigenvalue weighted by molar-refractivity contribution is 6.42. The van der Waals surface area contributed by atoms with Crippen molar-refractivity contribution in [2.45, 2.75) is 13.0 Å². The zero-order chi connectivity index (χ0) is 21.1. The predicted octanol–water partition coefficient (Wildman–Crippen LogP) is 5.85. The molecule has 1 aliphatic heterocycles. The van der Waals surface area contributed by atoms with E-state index >= 15 is 0 Å². The summed E-state index contributed by atoms with van der Waals surface area (Å²) in [7, 11) is 0. The topological polar surface area (TPSA) is 23.6 Å². The molecule has 5 heteroatoms. The number of halogens is 2. The maximum Gasteiger partial charge on any atom is 0.253 e. The van der Waals surface area contributed by atoms with E-state index in [0.29, 0.717) is 28.7 Å². The van der Waals surface area contributed by atoms with Crippen molar-refractivity contribution in [3.8, 4) is 0 Å². The Bertz CT molecular complexity index is 1010. The largest absolute Gasteiger partial charge is 0.336 e. The van der Waals surface area contributed by atoms with E-state index in [2.05, 4.69) is 60.4 Å². The summed E-state index contributed by atoms with van der Waals surface area (Å²) < 4.78 is 0. The van der Waals surface area contributed by atoms with Gasteiger partial charge >= 0.3 is 0 Å². The van der Waals surface area contributed by atoms with Crippen LogP contribution in [0.4, 0.5) is 0 Å². The van der Waals surface area contributed by atoms with Crippen LogP contribution < -0.4 is 0 Å². The van der Waals surface area contributed by atoms with Crippen molar-refractivity contribution < 1.29 is 4.79 Å². The van der Waals surface area contributed by atoms with Crippen LogP contribution in [0.2, 0.25) is 10.0 Å². The van der Waals surface area contributed by atoms with E-state index in [1.54, 1.807) is 18.2 Å². The lowest BCUT2D eigenvalue weighted by Crippen LogP contribution is -2.49. The van der Waals surface area contributed by atoms with Gasteiger partial charge in [0.1, 0.15) is 0 Å². The minimum Gasteiger partial charge on any atom is -0.336 e. The highest BCUT2D eigenvalue weighted by Gasteiger charge is 2.28. The van der Waals surface area contributed by atoms with E-state index in [1.165, 1.54) is 16.7 Å². The van der Waals surface area contributed by atoms with Crippen LogP contribution in [0.25, 0.3) is 0 Å². The molecule has 3 nitrogen and oxygen atoms in total. The molecule has 1 saturated heterocycles. The van der Waals surface area contributed by atoms with Crippen LogP contribution in [0, 0.1) is 6.92 Å². The minimum absolute atomic E-state index is 0.000173. The van der Waals surface area contributed by atoms with E-state index in [1.807, 2.05) is 11.0 Å². The number of hydrogen-bond acceptors (Lipinski definition) is 2. The highest BCUT2D eigenvalue weighted by atomic mass is 35.5. The molecule has 1 aliphatic rings. The molecular formula is C25H24Cl2N2O. The first-order chi connectivity index (χ1) is 14.5. The molecule has 0 N–H and O–H groups in total. The maximum atomic E-state index is 12.9. The van der Waals surface area contributed by atoms with Crippen LogP contribution >= 0.6 is 23.2 Å². The Morgan fingerprint density at radius 2 is 1.43 bits per heavy atom. The quantitative estimate of drug-likeness (QED) is 0.509. The van der Waals surface area contributed by atoms with Crippen molar-refractivity contribution in [3.63, 3.8) is 0 Å². The third kappa shape index (κ3) is 4.54. The van der Waals surface area contributed by atoms with E-state index in [0.717, 1.165) is 13.1 Å². The number of benzene rings is 3. The molecule has 0 bridgehead atoms. The average molecular weight is 439 g/mol. The van der Waals surface area contributed by atoms with Gasteiger partial charge in [-0.25, -0.2) is 0 Å². The monoisotopic (exact) mass is 438 g/mol. The molecule has 3 aromatic carbocycles. The second-order valence-electron chi connectivity index (χ2n) is 7.68. The van der Waals surface area contributed by atoms with E-state index in [9.17, 15) is 4.79 Å². The Morgan fingerprint density at radius 3 is 2.07 bits per heavy atom. The first-order valence-electron chi connectivity index (χ1n) is 10.1. The lowest BCUT2D eigenvalue weighted by Gasteiger charge is -2.40. The van der Waals surface area contributed by atoms with Crippen molar-refractivity contribution in [3.05, 3.63) is 105 Å². The fourth-order valence-corrected chi connectivity index (χ4v) is 4.29. The minimum atomic E-state index is -0.000173. The third-order valence-electron chi connectivity index (χ3n) is 5.64. The first-order valence-corrected chi connectivity index (χ1v) is 10.9. The van der Waals surface area contributed by atoms with Crippen LogP contribution in [0.1, 0.15) is 33.1 Å². The fourth-order valence-electron chi connectivity index (χ4n) is 3.99. The van der Waals surface area contributed by atoms with Gasteiger partial charge in [0.2, 0.25) is 0 Å². The van der Waals surface area contributed by atoms with Gasteiger partial charge < -0.3 is 4.90 Å². The molecule has 1 heterocycles. The first kappa shape index (κ1) is 20.9. The number of carbonyl (C=O) groups is 1. The van der Waals surface area contributed by atoms with Crippen LogP contribution in [0.5, 0.6) is 0 Å². The smallest absolute Gasteiger partial charge is 0.253 e. The Labute approximate surface area is 187 Å². The molecule has 0 spiro atoms. The van der Waals surface area contributed by atoms with Gasteiger partial charge in [-0.15, -0.1) is 0 Å². The van der Waals surface area contributed by atoms with Gasteiger partial charge in [-0.1, -0.05) is 83.4 Å². The van der Waals surface area contributed by atoms with Crippen LogP contribution in [0.15, 0.2) is 72.8 Å². The molecule has 0 aromatic heterocycles. The predicted molar refractivity (Wildman–Crippen MR) is 123 cm³/mol. The molecule has 0 saturated carbocycles. The molecule has 154 valence electrons. The standard InChI is InChI=1S/C25H24Cl2N2O/c1-18-7-9-20(10-8-18)24(19-5-3-2-4-6-19)28-13-15-29(16-14-28)25(30)21-11-12-22(26)23(27)17-21/h2-12,17,24H,13-16H2,1H3/t24-/m0/s1. The zero-order valence-electron chi connectivity index (χ0n) is 16.9. The SMILES string of the molecule is Cc1ccc([C@H](c2ccccc2)N2CCN(C(=O)c3ccc(Cl)c(Cl)c3)CC2)cc1. The Kier molecular flexibility index (Phi) is 6.43. The third-order valence-corrected chi connectivity index (χ3v) is 6.38. The summed E-state index contributed by atoms with van der Waals surface area (Å²) in [5, 5.41) is 0.867. The van der Waals surface area contributed by atoms with Gasteiger partial charge in [-0.3, -0.25) is 9.69 Å². The summed E-state index contributed by atoms with van der Waals surface area (Å²) in [5.41, 5.74) is 4.38. The number of nitrogens with zero attached hydrogens (tertiary/aromatic N) is 2. The van der Waals surface area contributed by atoms with Crippen molar-refractivity contribution in [2.24, 2.45) is 0 Å². The van der Waals surface area contributed by atoms with Crippen LogP contribution in [-0.4, -0.2) is 41.9 Å². The Hall–Kier alpha value is -2.33. The Morgan fingerprint density at radius 1 is 0.800 bits per heavy atom. The number of piperazine rings is 1. The maximum absolute atomic E-state index is 12.9. The van der Waals surface area contributed by atoms with Gasteiger partial charge in [-0.2, -0.15) is 0 Å². The van der Waals surface area contributed by atoms with Crippen molar-refractivity contribution in [1.82, 2.24) is 9.80 Å². The fraction of sp³-hybridized carbons (Fsp3) is 0.240. The number of amides is 1. The van der Waals surface area contributed by atoms with Crippen molar-refractivity contribution >= 4 is 29.1 Å². The second-order valence-corrected chi connectivity index (χ2v) is 8.50. The highest BCUT2D eigenvalue weighted by Crippen LogP contribution is 2.30. The number of rotatable bonds is 4. The van der Waals surface area contributed by atoms with E-state index < -0.39 is 0 Å². The molecule has 0 unspecified atom stereocenters. The number of aryl methyl sites for hydroxylation is 1. The van der Waals surface area contributed by atoms with E-state index in [-0.39, 0.29) is 11.9 Å².